The first-order valence-electron chi connectivity index (χ1n) is 10.3. The molecule has 2 saturated carbocycles. The van der Waals surface area contributed by atoms with Crippen LogP contribution < -0.4 is 15.4 Å². The van der Waals surface area contributed by atoms with Crippen molar-refractivity contribution < 1.29 is 36.3 Å². The zero-order valence-corrected chi connectivity index (χ0v) is 17.4. The van der Waals surface area contributed by atoms with Crippen molar-refractivity contribution in [3.05, 3.63) is 53.4 Å². The molecule has 2 aromatic rings. The molecular weight excluding hydrogens is 449 g/mol. The van der Waals surface area contributed by atoms with Gasteiger partial charge in [-0.1, -0.05) is 0 Å². The topological polar surface area (TPSA) is 80.3 Å². The number of hydrogen-bond acceptors (Lipinski definition) is 4. The quantitative estimate of drug-likeness (QED) is 0.509. The zero-order chi connectivity index (χ0) is 23.9. The van der Waals surface area contributed by atoms with Gasteiger partial charge in [-0.25, -0.2) is 9.37 Å². The lowest BCUT2D eigenvalue weighted by Gasteiger charge is -2.31. The molecule has 11 heteroatoms. The minimum Gasteiger partial charge on any atom is -0.496 e. The molecule has 3 unspecified atom stereocenters. The highest BCUT2D eigenvalue weighted by Crippen LogP contribution is 2.49. The summed E-state index contributed by atoms with van der Waals surface area (Å²) in [6, 6.07) is 2.89. The SMILES string of the molecule is COc1ccnc(F)c1C(=O)NC1C2CC[C@H](C2)C1C(=O)Nc1ccc(F)c(C(F)(F)F)c1. The number of hydrogen-bond donors (Lipinski definition) is 2. The highest BCUT2D eigenvalue weighted by atomic mass is 19.4. The number of carbonyl (C=O) groups excluding carboxylic acids is 2. The van der Waals surface area contributed by atoms with E-state index in [-0.39, 0.29) is 23.3 Å². The van der Waals surface area contributed by atoms with Crippen LogP contribution in [0.4, 0.5) is 27.6 Å². The van der Waals surface area contributed by atoms with Crippen molar-refractivity contribution in [2.75, 3.05) is 12.4 Å². The third-order valence-corrected chi connectivity index (χ3v) is 6.37. The molecule has 6 nitrogen and oxygen atoms in total. The highest BCUT2D eigenvalue weighted by molar-refractivity contribution is 5.98. The fourth-order valence-corrected chi connectivity index (χ4v) is 4.94. The van der Waals surface area contributed by atoms with Crippen molar-refractivity contribution in [2.24, 2.45) is 17.8 Å². The summed E-state index contributed by atoms with van der Waals surface area (Å²) < 4.78 is 71.8. The number of ether oxygens (including phenoxy) is 1. The summed E-state index contributed by atoms with van der Waals surface area (Å²) in [5.74, 6) is -4.75. The second-order valence-electron chi connectivity index (χ2n) is 8.22. The maximum atomic E-state index is 14.2. The number of nitrogens with zero attached hydrogens (tertiary/aromatic N) is 1. The minimum absolute atomic E-state index is 0.0184. The summed E-state index contributed by atoms with van der Waals surface area (Å²) in [5, 5.41) is 5.12. The number of alkyl halides is 3. The molecule has 2 aliphatic rings. The molecule has 0 aliphatic heterocycles. The fraction of sp³-hybridized carbons (Fsp3) is 0.409. The van der Waals surface area contributed by atoms with Gasteiger partial charge in [0.1, 0.15) is 17.1 Å². The second-order valence-corrected chi connectivity index (χ2v) is 8.22. The number of nitrogens with one attached hydrogen (secondary N) is 2. The van der Waals surface area contributed by atoms with Gasteiger partial charge in [-0.3, -0.25) is 9.59 Å². The molecule has 2 bridgehead atoms. The Morgan fingerprint density at radius 1 is 1.12 bits per heavy atom. The summed E-state index contributed by atoms with van der Waals surface area (Å²) >= 11 is 0. The van der Waals surface area contributed by atoms with E-state index in [2.05, 4.69) is 15.6 Å². The summed E-state index contributed by atoms with van der Waals surface area (Å²) in [6.45, 7) is 0. The van der Waals surface area contributed by atoms with Gasteiger partial charge in [-0.05, 0) is 55.4 Å². The van der Waals surface area contributed by atoms with Gasteiger partial charge in [0.05, 0.1) is 18.6 Å². The highest BCUT2D eigenvalue weighted by Gasteiger charge is 2.51. The third-order valence-electron chi connectivity index (χ3n) is 6.37. The summed E-state index contributed by atoms with van der Waals surface area (Å²) in [5.41, 5.74) is -2.09. The number of fused-ring (bicyclic) bond motifs is 2. The number of halogens is 5. The third kappa shape index (κ3) is 4.36. The van der Waals surface area contributed by atoms with Crippen LogP contribution in [0.2, 0.25) is 0 Å². The number of carbonyl (C=O) groups is 2. The Bertz CT molecular complexity index is 1090. The molecule has 33 heavy (non-hydrogen) atoms. The van der Waals surface area contributed by atoms with Gasteiger partial charge in [0.2, 0.25) is 11.9 Å². The standard InChI is InChI=1S/C22H20F5N3O3/c1-33-15-6-7-28-19(24)17(15)21(32)30-18-11-3-2-10(8-11)16(18)20(31)29-12-4-5-14(23)13(9-12)22(25,26)27/h4-7,9-11,16,18H,2-3,8H2,1H3,(H,29,31)(H,30,32)/t10-,11?,16?,18?/m1/s1. The molecule has 0 saturated heterocycles. The molecule has 4 atom stereocenters. The molecule has 2 amide bonds. The molecule has 4 rings (SSSR count). The van der Waals surface area contributed by atoms with E-state index in [0.29, 0.717) is 18.6 Å². The summed E-state index contributed by atoms with van der Waals surface area (Å²) in [7, 11) is 1.28. The lowest BCUT2D eigenvalue weighted by atomic mass is 9.83. The summed E-state index contributed by atoms with van der Waals surface area (Å²) in [6.07, 6.45) is -1.65. The molecule has 1 aromatic heterocycles. The van der Waals surface area contributed by atoms with E-state index >= 15 is 0 Å². The van der Waals surface area contributed by atoms with E-state index in [0.717, 1.165) is 25.1 Å². The number of rotatable bonds is 5. The van der Waals surface area contributed by atoms with Gasteiger partial charge in [0.15, 0.2) is 0 Å². The number of anilines is 1. The Balaban J connectivity index is 1.55. The molecule has 0 radical (unpaired) electrons. The average Bonchev–Trinajstić information content (AvgIpc) is 3.35. The smallest absolute Gasteiger partial charge is 0.419 e. The van der Waals surface area contributed by atoms with Crippen LogP contribution in [0, 0.1) is 29.5 Å². The van der Waals surface area contributed by atoms with Crippen molar-refractivity contribution in [3.8, 4) is 5.75 Å². The molecule has 1 heterocycles. The van der Waals surface area contributed by atoms with Crippen molar-refractivity contribution in [1.29, 1.82) is 0 Å². The van der Waals surface area contributed by atoms with E-state index in [1.807, 2.05) is 0 Å². The Hall–Kier alpha value is -3.24. The van der Waals surface area contributed by atoms with Crippen LogP contribution in [0.3, 0.4) is 0 Å². The van der Waals surface area contributed by atoms with Gasteiger partial charge in [0, 0.05) is 17.9 Å². The number of amides is 2. The van der Waals surface area contributed by atoms with Gasteiger partial charge in [0.25, 0.3) is 5.91 Å². The van der Waals surface area contributed by atoms with Crippen molar-refractivity contribution in [2.45, 2.75) is 31.5 Å². The maximum absolute atomic E-state index is 14.2. The van der Waals surface area contributed by atoms with Crippen LogP contribution >= 0.6 is 0 Å². The first kappa shape index (κ1) is 22.9. The van der Waals surface area contributed by atoms with Gasteiger partial charge in [-0.15, -0.1) is 0 Å². The van der Waals surface area contributed by atoms with E-state index < -0.39 is 52.8 Å². The molecule has 2 fully saturated rings. The van der Waals surface area contributed by atoms with Crippen molar-refractivity contribution in [3.63, 3.8) is 0 Å². The largest absolute Gasteiger partial charge is 0.496 e. The van der Waals surface area contributed by atoms with E-state index in [1.165, 1.54) is 13.2 Å². The second kappa shape index (κ2) is 8.60. The molecule has 176 valence electrons. The molecular formula is C22H20F5N3O3. The lowest BCUT2D eigenvalue weighted by Crippen LogP contribution is -2.48. The number of methoxy groups -OCH3 is 1. The van der Waals surface area contributed by atoms with Gasteiger partial charge < -0.3 is 15.4 Å². The normalized spacial score (nSPS) is 23.9. The molecule has 0 spiro atoms. The zero-order valence-electron chi connectivity index (χ0n) is 17.4. The van der Waals surface area contributed by atoms with Crippen LogP contribution in [0.15, 0.2) is 30.5 Å². The van der Waals surface area contributed by atoms with E-state index in [1.54, 1.807) is 0 Å². The predicted molar refractivity (Wildman–Crippen MR) is 106 cm³/mol. The Morgan fingerprint density at radius 2 is 1.85 bits per heavy atom. The lowest BCUT2D eigenvalue weighted by molar-refractivity contribution is -0.140. The van der Waals surface area contributed by atoms with Gasteiger partial charge >= 0.3 is 6.18 Å². The minimum atomic E-state index is -4.92. The number of pyridine rings is 1. The Morgan fingerprint density at radius 3 is 2.55 bits per heavy atom. The first-order valence-corrected chi connectivity index (χ1v) is 10.3. The Kier molecular flexibility index (Phi) is 5.98. The van der Waals surface area contributed by atoms with Crippen molar-refractivity contribution >= 4 is 17.5 Å². The molecule has 1 aromatic carbocycles. The molecule has 2 aliphatic carbocycles. The number of aromatic nitrogens is 1. The first-order chi connectivity index (χ1) is 15.6. The van der Waals surface area contributed by atoms with E-state index in [4.69, 9.17) is 4.74 Å². The van der Waals surface area contributed by atoms with E-state index in [9.17, 15) is 31.5 Å². The predicted octanol–water partition coefficient (Wildman–Crippen LogP) is 4.17. The van der Waals surface area contributed by atoms with Crippen LogP contribution in [-0.4, -0.2) is 29.9 Å². The van der Waals surface area contributed by atoms with Crippen LogP contribution in [0.5, 0.6) is 5.75 Å². The van der Waals surface area contributed by atoms with Crippen LogP contribution in [0.1, 0.15) is 35.2 Å². The Labute approximate surface area is 185 Å². The average molecular weight is 469 g/mol. The van der Waals surface area contributed by atoms with Crippen molar-refractivity contribution in [1.82, 2.24) is 10.3 Å². The maximum Gasteiger partial charge on any atom is 0.419 e. The van der Waals surface area contributed by atoms with Crippen LogP contribution in [-0.2, 0) is 11.0 Å². The monoisotopic (exact) mass is 469 g/mol. The fourth-order valence-electron chi connectivity index (χ4n) is 4.94. The van der Waals surface area contributed by atoms with Crippen LogP contribution in [0.25, 0.3) is 0 Å². The van der Waals surface area contributed by atoms with Gasteiger partial charge in [-0.2, -0.15) is 17.6 Å². The summed E-state index contributed by atoms with van der Waals surface area (Å²) in [4.78, 5) is 29.3. The number of benzene rings is 1. The molecule has 2 N–H and O–H groups in total.